The number of halogens is 1. The molecule has 0 aliphatic carbocycles. The number of nitrogens with one attached hydrogen (secondary N) is 1. The minimum absolute atomic E-state index is 0.191. The summed E-state index contributed by atoms with van der Waals surface area (Å²) in [6, 6.07) is 6.09. The van der Waals surface area contributed by atoms with Gasteiger partial charge in [-0.1, -0.05) is 12.1 Å². The van der Waals surface area contributed by atoms with Crippen molar-refractivity contribution in [2.75, 3.05) is 38.0 Å². The van der Waals surface area contributed by atoms with Crippen molar-refractivity contribution in [3.05, 3.63) is 30.1 Å². The molecule has 1 N–H and O–H groups in total. The highest BCUT2D eigenvalue weighted by molar-refractivity contribution is 5.89. The second kappa shape index (κ2) is 6.43. The van der Waals surface area contributed by atoms with Crippen molar-refractivity contribution in [2.24, 2.45) is 5.92 Å². The first-order chi connectivity index (χ1) is 10.2. The molecule has 2 aliphatic heterocycles. The largest absolute Gasteiger partial charge is 0.324 e. The van der Waals surface area contributed by atoms with Gasteiger partial charge in [0.15, 0.2) is 0 Å². The number of likely N-dealkylation sites (tertiary alicyclic amines) is 2. The lowest BCUT2D eigenvalue weighted by atomic mass is 10.1. The number of urea groups is 1. The zero-order valence-electron chi connectivity index (χ0n) is 12.2. The van der Waals surface area contributed by atoms with Gasteiger partial charge in [-0.2, -0.15) is 0 Å². The predicted molar refractivity (Wildman–Crippen MR) is 80.8 cm³/mol. The van der Waals surface area contributed by atoms with E-state index in [1.807, 2.05) is 0 Å². The maximum atomic E-state index is 13.5. The zero-order valence-corrected chi connectivity index (χ0v) is 12.2. The number of carbonyl (C=O) groups is 1. The average Bonchev–Trinajstić information content (AvgIpc) is 3.13. The van der Waals surface area contributed by atoms with Crippen molar-refractivity contribution in [1.82, 2.24) is 9.80 Å². The smallest absolute Gasteiger partial charge is 0.321 e. The Balaban J connectivity index is 1.51. The molecule has 1 aromatic rings. The molecule has 2 amide bonds. The van der Waals surface area contributed by atoms with Crippen molar-refractivity contribution in [3.63, 3.8) is 0 Å². The highest BCUT2D eigenvalue weighted by Gasteiger charge is 2.28. The van der Waals surface area contributed by atoms with Crippen LogP contribution in [0.25, 0.3) is 0 Å². The van der Waals surface area contributed by atoms with E-state index in [0.29, 0.717) is 5.92 Å². The maximum absolute atomic E-state index is 13.5. The van der Waals surface area contributed by atoms with E-state index in [1.165, 1.54) is 32.0 Å². The van der Waals surface area contributed by atoms with Crippen molar-refractivity contribution >= 4 is 11.7 Å². The molecule has 1 aromatic carbocycles. The molecule has 4 nitrogen and oxygen atoms in total. The highest BCUT2D eigenvalue weighted by atomic mass is 19.1. The molecule has 2 heterocycles. The molecular formula is C16H22FN3O. The molecule has 5 heteroatoms. The van der Waals surface area contributed by atoms with Gasteiger partial charge in [0, 0.05) is 19.6 Å². The Bertz CT molecular complexity index is 502. The third kappa shape index (κ3) is 3.53. The Kier molecular flexibility index (Phi) is 4.39. The van der Waals surface area contributed by atoms with E-state index in [4.69, 9.17) is 0 Å². The monoisotopic (exact) mass is 291 g/mol. The maximum Gasteiger partial charge on any atom is 0.321 e. The summed E-state index contributed by atoms with van der Waals surface area (Å²) >= 11 is 0. The SMILES string of the molecule is O=C(Nc1ccccc1F)N1CCC(CN2CCCC2)C1. The molecule has 0 bridgehead atoms. The standard InChI is InChI=1S/C16H22FN3O/c17-14-5-1-2-6-15(14)18-16(21)20-10-7-13(12-20)11-19-8-3-4-9-19/h1-2,5-6,13H,3-4,7-12H2,(H,18,21). The van der Waals surface area contributed by atoms with Crippen LogP contribution in [0, 0.1) is 11.7 Å². The minimum Gasteiger partial charge on any atom is -0.324 e. The van der Waals surface area contributed by atoms with E-state index in [0.717, 1.165) is 26.1 Å². The first-order valence-corrected chi connectivity index (χ1v) is 7.75. The fourth-order valence-corrected chi connectivity index (χ4v) is 3.25. The summed E-state index contributed by atoms with van der Waals surface area (Å²) in [5.41, 5.74) is 0.255. The Labute approximate surface area is 124 Å². The van der Waals surface area contributed by atoms with E-state index in [9.17, 15) is 9.18 Å². The van der Waals surface area contributed by atoms with Crippen LogP contribution < -0.4 is 5.32 Å². The molecule has 0 saturated carbocycles. The summed E-state index contributed by atoms with van der Waals surface area (Å²) < 4.78 is 13.5. The normalized spacial score (nSPS) is 22.7. The first kappa shape index (κ1) is 14.3. The van der Waals surface area contributed by atoms with Crippen LogP contribution in [0.1, 0.15) is 19.3 Å². The average molecular weight is 291 g/mol. The summed E-state index contributed by atoms with van der Waals surface area (Å²) in [6.07, 6.45) is 3.63. The van der Waals surface area contributed by atoms with Crippen LogP contribution in [0.5, 0.6) is 0 Å². The predicted octanol–water partition coefficient (Wildman–Crippen LogP) is 2.78. The number of anilines is 1. The van der Waals surface area contributed by atoms with Crippen LogP contribution in [0.3, 0.4) is 0 Å². The van der Waals surface area contributed by atoms with Crippen LogP contribution in [0.15, 0.2) is 24.3 Å². The lowest BCUT2D eigenvalue weighted by Gasteiger charge is -2.21. The fraction of sp³-hybridized carbons (Fsp3) is 0.562. The van der Waals surface area contributed by atoms with Crippen LogP contribution >= 0.6 is 0 Å². The van der Waals surface area contributed by atoms with Crippen molar-refractivity contribution in [2.45, 2.75) is 19.3 Å². The zero-order chi connectivity index (χ0) is 14.7. The number of para-hydroxylation sites is 1. The molecule has 114 valence electrons. The van der Waals surface area contributed by atoms with Gasteiger partial charge in [0.1, 0.15) is 5.82 Å². The third-order valence-corrected chi connectivity index (χ3v) is 4.40. The molecular weight excluding hydrogens is 269 g/mol. The topological polar surface area (TPSA) is 35.6 Å². The lowest BCUT2D eigenvalue weighted by molar-refractivity contribution is 0.217. The summed E-state index contributed by atoms with van der Waals surface area (Å²) in [5.74, 6) is 0.160. The van der Waals surface area contributed by atoms with Gasteiger partial charge >= 0.3 is 6.03 Å². The van der Waals surface area contributed by atoms with Gasteiger partial charge in [0.05, 0.1) is 5.69 Å². The second-order valence-corrected chi connectivity index (χ2v) is 6.02. The number of amides is 2. The van der Waals surface area contributed by atoms with E-state index < -0.39 is 5.82 Å². The van der Waals surface area contributed by atoms with Crippen LogP contribution in [0.2, 0.25) is 0 Å². The Morgan fingerprint density at radius 1 is 1.24 bits per heavy atom. The number of rotatable bonds is 3. The molecule has 3 rings (SSSR count). The molecule has 1 atom stereocenters. The second-order valence-electron chi connectivity index (χ2n) is 6.02. The van der Waals surface area contributed by atoms with Crippen molar-refractivity contribution in [3.8, 4) is 0 Å². The molecule has 21 heavy (non-hydrogen) atoms. The number of hydrogen-bond acceptors (Lipinski definition) is 2. The van der Waals surface area contributed by atoms with Gasteiger partial charge < -0.3 is 15.1 Å². The van der Waals surface area contributed by atoms with E-state index in [2.05, 4.69) is 10.2 Å². The quantitative estimate of drug-likeness (QED) is 0.929. The molecule has 1 unspecified atom stereocenters. The Hall–Kier alpha value is -1.62. The van der Waals surface area contributed by atoms with Crippen LogP contribution in [-0.4, -0.2) is 48.6 Å². The number of nitrogens with zero attached hydrogens (tertiary/aromatic N) is 2. The fourth-order valence-electron chi connectivity index (χ4n) is 3.25. The van der Waals surface area contributed by atoms with Crippen molar-refractivity contribution < 1.29 is 9.18 Å². The number of carbonyl (C=O) groups excluding carboxylic acids is 1. The van der Waals surface area contributed by atoms with Gasteiger partial charge in [0.2, 0.25) is 0 Å². The molecule has 0 spiro atoms. The van der Waals surface area contributed by atoms with Crippen molar-refractivity contribution in [1.29, 1.82) is 0 Å². The number of benzene rings is 1. The Morgan fingerprint density at radius 3 is 2.76 bits per heavy atom. The third-order valence-electron chi connectivity index (χ3n) is 4.40. The number of hydrogen-bond donors (Lipinski definition) is 1. The summed E-state index contributed by atoms with van der Waals surface area (Å²) in [7, 11) is 0. The van der Waals surface area contributed by atoms with Gasteiger partial charge in [-0.25, -0.2) is 9.18 Å². The minimum atomic E-state index is -0.390. The molecule has 0 aromatic heterocycles. The first-order valence-electron chi connectivity index (χ1n) is 7.75. The molecule has 0 radical (unpaired) electrons. The molecule has 2 fully saturated rings. The van der Waals surface area contributed by atoms with Gasteiger partial charge in [-0.15, -0.1) is 0 Å². The Morgan fingerprint density at radius 2 is 2.00 bits per heavy atom. The van der Waals surface area contributed by atoms with Crippen LogP contribution in [-0.2, 0) is 0 Å². The molecule has 2 aliphatic rings. The summed E-state index contributed by atoms with van der Waals surface area (Å²) in [5, 5.41) is 2.66. The summed E-state index contributed by atoms with van der Waals surface area (Å²) in [6.45, 7) is 5.01. The van der Waals surface area contributed by atoms with Gasteiger partial charge in [-0.3, -0.25) is 0 Å². The lowest BCUT2D eigenvalue weighted by Crippen LogP contribution is -2.35. The van der Waals surface area contributed by atoms with Gasteiger partial charge in [-0.05, 0) is 50.4 Å². The van der Waals surface area contributed by atoms with E-state index >= 15 is 0 Å². The van der Waals surface area contributed by atoms with E-state index in [-0.39, 0.29) is 11.7 Å². The highest BCUT2D eigenvalue weighted by Crippen LogP contribution is 2.21. The van der Waals surface area contributed by atoms with Gasteiger partial charge in [0.25, 0.3) is 0 Å². The van der Waals surface area contributed by atoms with Crippen LogP contribution in [0.4, 0.5) is 14.9 Å². The van der Waals surface area contributed by atoms with E-state index in [1.54, 1.807) is 23.1 Å². The molecule has 2 saturated heterocycles. The summed E-state index contributed by atoms with van der Waals surface area (Å²) in [4.78, 5) is 16.5.